The Labute approximate surface area is 178 Å². The van der Waals surface area contributed by atoms with Gasteiger partial charge in [0.2, 0.25) is 0 Å². The molecule has 0 aromatic heterocycles. The third-order valence-electron chi connectivity index (χ3n) is 4.92. The molecule has 2 heterocycles. The fourth-order valence-corrected chi connectivity index (χ4v) is 3.86. The van der Waals surface area contributed by atoms with Crippen molar-refractivity contribution in [3.8, 4) is 0 Å². The topological polar surface area (TPSA) is 94.3 Å². The van der Waals surface area contributed by atoms with Crippen molar-refractivity contribution >= 4 is 47.0 Å². The number of hydrazone groups is 1. The Morgan fingerprint density at radius 1 is 1.17 bits per heavy atom. The molecule has 2 atom stereocenters. The molecular formula is C20H18N6O3S. The molecule has 9 nitrogen and oxygen atoms in total. The van der Waals surface area contributed by atoms with Crippen molar-refractivity contribution < 1.29 is 9.72 Å². The molecule has 1 N–H and O–H groups in total. The van der Waals surface area contributed by atoms with Crippen LogP contribution in [0.2, 0.25) is 0 Å². The second-order valence-electron chi connectivity index (χ2n) is 6.69. The third kappa shape index (κ3) is 3.37. The molecular weight excluding hydrogens is 404 g/mol. The van der Waals surface area contributed by atoms with Crippen LogP contribution >= 0.6 is 12.2 Å². The summed E-state index contributed by atoms with van der Waals surface area (Å²) in [7, 11) is 1.81. The fourth-order valence-electron chi connectivity index (χ4n) is 3.53. The standard InChI is InChI=1S/C20H18N6O3S/c1-23-18-17(24(20(23)30)15-10-3-2-4-11-15)22-19(27)25(18)21-13-7-9-14-8-5-6-12-16(14)26(28)29/h2-13,17-18H,1H3,(H,22,27)/b9-7+,21-13+. The van der Waals surface area contributed by atoms with Crippen molar-refractivity contribution in [3.05, 3.63) is 76.4 Å². The van der Waals surface area contributed by atoms with E-state index < -0.39 is 11.1 Å². The molecule has 2 aromatic carbocycles. The van der Waals surface area contributed by atoms with E-state index in [-0.39, 0.29) is 17.9 Å². The van der Waals surface area contributed by atoms with Crippen LogP contribution in [0.1, 0.15) is 5.56 Å². The van der Waals surface area contributed by atoms with Gasteiger partial charge in [0, 0.05) is 25.0 Å². The summed E-state index contributed by atoms with van der Waals surface area (Å²) in [5.41, 5.74) is 1.33. The van der Waals surface area contributed by atoms with Gasteiger partial charge >= 0.3 is 6.03 Å². The number of anilines is 1. The number of thiocarbonyl (C=S) groups is 1. The van der Waals surface area contributed by atoms with Crippen LogP contribution in [0, 0.1) is 10.1 Å². The minimum absolute atomic E-state index is 0.000470. The Hall–Kier alpha value is -3.79. The zero-order valence-corrected chi connectivity index (χ0v) is 16.8. The number of fused-ring (bicyclic) bond motifs is 1. The van der Waals surface area contributed by atoms with Crippen LogP contribution in [0.3, 0.4) is 0 Å². The molecule has 2 fully saturated rings. The highest BCUT2D eigenvalue weighted by atomic mass is 32.1. The average molecular weight is 422 g/mol. The largest absolute Gasteiger partial charge is 0.341 e. The third-order valence-corrected chi connectivity index (χ3v) is 5.40. The maximum Gasteiger partial charge on any atom is 0.341 e. The predicted molar refractivity (Wildman–Crippen MR) is 118 cm³/mol. The van der Waals surface area contributed by atoms with E-state index >= 15 is 0 Å². The number of nitrogens with one attached hydrogen (secondary N) is 1. The first-order valence-corrected chi connectivity index (χ1v) is 9.55. The lowest BCUT2D eigenvalue weighted by Gasteiger charge is -2.24. The monoisotopic (exact) mass is 422 g/mol. The van der Waals surface area contributed by atoms with Crippen LogP contribution < -0.4 is 10.2 Å². The number of likely N-dealkylation sites (N-methyl/N-ethyl adjacent to an activating group) is 1. The quantitative estimate of drug-likeness (QED) is 0.345. The molecule has 4 rings (SSSR count). The lowest BCUT2D eigenvalue weighted by atomic mass is 10.2. The number of benzene rings is 2. The van der Waals surface area contributed by atoms with Crippen molar-refractivity contribution in [2.24, 2.45) is 5.10 Å². The molecule has 0 radical (unpaired) electrons. The molecule has 2 saturated heterocycles. The van der Waals surface area contributed by atoms with Crippen LogP contribution in [-0.4, -0.2) is 51.6 Å². The molecule has 0 spiro atoms. The second kappa shape index (κ2) is 7.91. The highest BCUT2D eigenvalue weighted by Crippen LogP contribution is 2.32. The zero-order chi connectivity index (χ0) is 21.3. The van der Waals surface area contributed by atoms with Gasteiger partial charge in [0.25, 0.3) is 5.69 Å². The van der Waals surface area contributed by atoms with Crippen molar-refractivity contribution in [2.45, 2.75) is 12.3 Å². The Morgan fingerprint density at radius 3 is 2.60 bits per heavy atom. The number of rotatable bonds is 5. The van der Waals surface area contributed by atoms with E-state index in [0.717, 1.165) is 5.69 Å². The number of nitrogens with zero attached hydrogens (tertiary/aromatic N) is 5. The van der Waals surface area contributed by atoms with Gasteiger partial charge in [0.15, 0.2) is 17.4 Å². The first-order chi connectivity index (χ1) is 14.5. The highest BCUT2D eigenvalue weighted by Gasteiger charge is 2.53. The average Bonchev–Trinajstić information content (AvgIpc) is 3.19. The van der Waals surface area contributed by atoms with E-state index in [1.165, 1.54) is 17.3 Å². The second-order valence-corrected chi connectivity index (χ2v) is 7.06. The van der Waals surface area contributed by atoms with Gasteiger partial charge in [0.05, 0.1) is 10.5 Å². The summed E-state index contributed by atoms with van der Waals surface area (Å²) in [5.74, 6) is 0. The molecule has 152 valence electrons. The summed E-state index contributed by atoms with van der Waals surface area (Å²) in [5, 5.41) is 20.2. The molecule has 0 aliphatic carbocycles. The van der Waals surface area contributed by atoms with E-state index in [1.807, 2.05) is 47.2 Å². The van der Waals surface area contributed by atoms with Crippen molar-refractivity contribution in [1.29, 1.82) is 0 Å². The molecule has 2 unspecified atom stereocenters. The Kier molecular flexibility index (Phi) is 5.15. The molecule has 2 aromatic rings. The Balaban J connectivity index is 1.54. The van der Waals surface area contributed by atoms with Crippen molar-refractivity contribution in [3.63, 3.8) is 0 Å². The summed E-state index contributed by atoms with van der Waals surface area (Å²) in [4.78, 5) is 26.9. The number of hydrogen-bond acceptors (Lipinski definition) is 5. The van der Waals surface area contributed by atoms with Gasteiger partial charge in [-0.1, -0.05) is 30.3 Å². The van der Waals surface area contributed by atoms with E-state index in [9.17, 15) is 14.9 Å². The normalized spacial score (nSPS) is 21.0. The van der Waals surface area contributed by atoms with Gasteiger partial charge in [-0.05, 0) is 42.6 Å². The van der Waals surface area contributed by atoms with Crippen molar-refractivity contribution in [1.82, 2.24) is 15.2 Å². The number of allylic oxidation sites excluding steroid dienone is 1. The summed E-state index contributed by atoms with van der Waals surface area (Å²) in [6.45, 7) is 0. The number of nitro groups is 1. The van der Waals surface area contributed by atoms with E-state index in [4.69, 9.17) is 12.2 Å². The summed E-state index contributed by atoms with van der Waals surface area (Å²) < 4.78 is 0. The van der Waals surface area contributed by atoms with Gasteiger partial charge in [-0.15, -0.1) is 0 Å². The van der Waals surface area contributed by atoms with Gasteiger partial charge in [0.1, 0.15) is 0 Å². The first kappa shape index (κ1) is 19.5. The number of carbonyl (C=O) groups is 1. The Bertz CT molecular complexity index is 1060. The lowest BCUT2D eigenvalue weighted by molar-refractivity contribution is -0.385. The number of hydrogen-bond donors (Lipinski definition) is 1. The molecule has 0 bridgehead atoms. The number of carbonyl (C=O) groups excluding carboxylic acids is 1. The summed E-state index contributed by atoms with van der Waals surface area (Å²) in [6, 6.07) is 15.6. The van der Waals surface area contributed by atoms with Crippen molar-refractivity contribution in [2.75, 3.05) is 11.9 Å². The SMILES string of the molecule is CN1C(=S)N(c2ccccc2)C2NC(=O)N(/N=C/C=C/c3ccccc3[N+](=O)[O-])C21. The number of para-hydroxylation sites is 2. The van der Waals surface area contributed by atoms with Crippen LogP contribution in [-0.2, 0) is 0 Å². The van der Waals surface area contributed by atoms with Gasteiger partial charge in [-0.25, -0.2) is 4.79 Å². The molecule has 2 aliphatic rings. The van der Waals surface area contributed by atoms with Crippen LogP contribution in [0.15, 0.2) is 65.8 Å². The molecule has 30 heavy (non-hydrogen) atoms. The molecule has 2 amide bonds. The number of urea groups is 1. The highest BCUT2D eigenvalue weighted by molar-refractivity contribution is 7.80. The predicted octanol–water partition coefficient (Wildman–Crippen LogP) is 3.01. The van der Waals surface area contributed by atoms with Crippen LogP contribution in [0.5, 0.6) is 0 Å². The van der Waals surface area contributed by atoms with Crippen LogP contribution in [0.25, 0.3) is 6.08 Å². The number of amides is 2. The minimum Gasteiger partial charge on any atom is -0.326 e. The Morgan fingerprint density at radius 2 is 1.87 bits per heavy atom. The molecule has 2 aliphatic heterocycles. The number of nitro benzene ring substituents is 1. The van der Waals surface area contributed by atoms with E-state index in [0.29, 0.717) is 10.7 Å². The molecule has 0 saturated carbocycles. The smallest absolute Gasteiger partial charge is 0.326 e. The van der Waals surface area contributed by atoms with E-state index in [2.05, 4.69) is 10.4 Å². The zero-order valence-electron chi connectivity index (χ0n) is 16.0. The molecule has 10 heteroatoms. The summed E-state index contributed by atoms with van der Waals surface area (Å²) >= 11 is 5.57. The maximum absolute atomic E-state index is 12.5. The maximum atomic E-state index is 12.5. The van der Waals surface area contributed by atoms with E-state index in [1.54, 1.807) is 30.4 Å². The fraction of sp³-hybridized carbons (Fsp3) is 0.150. The van der Waals surface area contributed by atoms with Crippen LogP contribution in [0.4, 0.5) is 16.2 Å². The summed E-state index contributed by atoms with van der Waals surface area (Å²) in [6.07, 6.45) is 3.77. The van der Waals surface area contributed by atoms with Gasteiger partial charge in [-0.3, -0.25) is 15.0 Å². The lowest BCUT2D eigenvalue weighted by Crippen LogP contribution is -2.43. The first-order valence-electron chi connectivity index (χ1n) is 9.14. The minimum atomic E-state index is -0.443. The van der Waals surface area contributed by atoms with Gasteiger partial charge < -0.3 is 10.2 Å². The van der Waals surface area contributed by atoms with Gasteiger partial charge in [-0.2, -0.15) is 10.1 Å².